The highest BCUT2D eigenvalue weighted by atomic mass is 16.6. The minimum absolute atomic E-state index is 0.0726. The summed E-state index contributed by atoms with van der Waals surface area (Å²) in [7, 11) is 0. The van der Waals surface area contributed by atoms with Crippen molar-refractivity contribution >= 4 is 23.8 Å². The van der Waals surface area contributed by atoms with Crippen molar-refractivity contribution < 1.29 is 28.7 Å². The normalized spacial score (nSPS) is 29.2. The molecule has 3 aliphatic heterocycles. The van der Waals surface area contributed by atoms with Gasteiger partial charge in [0.05, 0.1) is 18.8 Å². The first-order valence-corrected chi connectivity index (χ1v) is 10.7. The molecule has 1 aromatic rings. The Morgan fingerprint density at radius 2 is 2.10 bits per heavy atom. The van der Waals surface area contributed by atoms with Crippen LogP contribution < -0.4 is 10.6 Å². The van der Waals surface area contributed by atoms with Crippen LogP contribution in [0.4, 0.5) is 4.79 Å². The number of fused-ring (bicyclic) bond motifs is 1. The average Bonchev–Trinajstić information content (AvgIpc) is 3.00. The molecular weight excluding hydrogens is 402 g/mol. The lowest BCUT2D eigenvalue weighted by molar-refractivity contribution is -0.217. The number of piperidine rings is 1. The van der Waals surface area contributed by atoms with E-state index in [1.807, 2.05) is 12.1 Å². The van der Waals surface area contributed by atoms with Gasteiger partial charge in [-0.25, -0.2) is 4.79 Å². The van der Waals surface area contributed by atoms with Gasteiger partial charge in [-0.3, -0.25) is 19.7 Å². The second-order valence-corrected chi connectivity index (χ2v) is 8.90. The van der Waals surface area contributed by atoms with Gasteiger partial charge in [0, 0.05) is 25.1 Å². The molecule has 3 fully saturated rings. The number of benzene rings is 1. The van der Waals surface area contributed by atoms with Gasteiger partial charge >= 0.3 is 6.09 Å². The van der Waals surface area contributed by atoms with Crippen LogP contribution in [-0.4, -0.2) is 53.6 Å². The predicted octanol–water partition coefficient (Wildman–Crippen LogP) is 1.24. The van der Waals surface area contributed by atoms with Crippen LogP contribution in [0.5, 0.6) is 0 Å². The fourth-order valence-corrected chi connectivity index (χ4v) is 4.95. The summed E-state index contributed by atoms with van der Waals surface area (Å²) in [6, 6.07) is 4.80. The van der Waals surface area contributed by atoms with Gasteiger partial charge in [0.2, 0.25) is 11.8 Å². The predicted molar refractivity (Wildman–Crippen MR) is 107 cm³/mol. The van der Waals surface area contributed by atoms with E-state index >= 15 is 0 Å². The molecule has 1 aromatic carbocycles. The number of rotatable bonds is 5. The highest BCUT2D eigenvalue weighted by Crippen LogP contribution is 2.48. The monoisotopic (exact) mass is 427 g/mol. The fourth-order valence-electron chi connectivity index (χ4n) is 4.95. The highest BCUT2D eigenvalue weighted by Gasteiger charge is 2.50. The number of alkyl carbamates (subject to hydrolysis) is 1. The molecule has 1 unspecified atom stereocenters. The molecule has 5 rings (SSSR count). The Labute approximate surface area is 179 Å². The minimum atomic E-state index is -0.634. The smallest absolute Gasteiger partial charge is 0.407 e. The highest BCUT2D eigenvalue weighted by molar-refractivity contribution is 6.05. The van der Waals surface area contributed by atoms with Gasteiger partial charge in [0.25, 0.3) is 5.91 Å². The van der Waals surface area contributed by atoms with Gasteiger partial charge in [0.15, 0.2) is 0 Å². The number of nitrogens with one attached hydrogen (secondary N) is 2. The summed E-state index contributed by atoms with van der Waals surface area (Å²) in [6.07, 6.45) is 3.09. The first-order chi connectivity index (χ1) is 14.9. The standard InChI is InChI=1S/C22H25N3O6/c26-18-4-3-17(19(27)24-18)25-11-15-2-1-13(7-16(15)20(25)28)10-23-21(29)30-12-14-8-22(9-14)5-6-31-22/h1-2,7,14,17H,3-6,8-12H2,(H,23,29)(H,24,26,27). The van der Waals surface area contributed by atoms with Gasteiger partial charge < -0.3 is 19.7 Å². The molecule has 1 aliphatic carbocycles. The van der Waals surface area contributed by atoms with E-state index in [4.69, 9.17) is 9.47 Å². The van der Waals surface area contributed by atoms with Gasteiger partial charge in [-0.15, -0.1) is 0 Å². The molecule has 0 aromatic heterocycles. The molecule has 31 heavy (non-hydrogen) atoms. The Hall–Kier alpha value is -2.94. The number of nitrogens with zero attached hydrogens (tertiary/aromatic N) is 1. The van der Waals surface area contributed by atoms with E-state index in [-0.39, 0.29) is 30.4 Å². The topological polar surface area (TPSA) is 114 Å². The molecule has 164 valence electrons. The molecule has 0 radical (unpaired) electrons. The van der Waals surface area contributed by atoms with Crippen molar-refractivity contribution in [2.45, 2.75) is 56.8 Å². The SMILES string of the molecule is O=C1CCC(N2Cc3ccc(CNC(=O)OCC4CC5(CCO5)C4)cc3C2=O)C(=O)N1. The van der Waals surface area contributed by atoms with Crippen molar-refractivity contribution in [3.63, 3.8) is 0 Å². The third-order valence-electron chi connectivity index (χ3n) is 6.77. The summed E-state index contributed by atoms with van der Waals surface area (Å²) < 4.78 is 10.9. The molecule has 0 bridgehead atoms. The fraction of sp³-hybridized carbons (Fsp3) is 0.545. The molecule has 4 amide bonds. The number of ether oxygens (including phenoxy) is 2. The number of carbonyl (C=O) groups excluding carboxylic acids is 4. The average molecular weight is 427 g/mol. The van der Waals surface area contributed by atoms with Gasteiger partial charge in [-0.2, -0.15) is 0 Å². The number of imide groups is 1. The molecule has 9 nitrogen and oxygen atoms in total. The third kappa shape index (κ3) is 3.78. The maximum absolute atomic E-state index is 12.9. The molecular formula is C22H25N3O6. The Kier molecular flexibility index (Phi) is 4.92. The Morgan fingerprint density at radius 3 is 2.81 bits per heavy atom. The summed E-state index contributed by atoms with van der Waals surface area (Å²) in [5.74, 6) is -0.602. The summed E-state index contributed by atoms with van der Waals surface area (Å²) in [4.78, 5) is 49.9. The number of hydrogen-bond donors (Lipinski definition) is 2. The molecule has 9 heteroatoms. The van der Waals surface area contributed by atoms with Crippen LogP contribution in [0.15, 0.2) is 18.2 Å². The molecule has 3 heterocycles. The van der Waals surface area contributed by atoms with Crippen LogP contribution in [0, 0.1) is 5.92 Å². The molecule has 2 saturated heterocycles. The molecule has 4 aliphatic rings. The summed E-state index contributed by atoms with van der Waals surface area (Å²) in [5.41, 5.74) is 2.21. The van der Waals surface area contributed by atoms with E-state index in [1.54, 1.807) is 6.07 Å². The van der Waals surface area contributed by atoms with Gasteiger partial charge in [-0.1, -0.05) is 12.1 Å². The number of amides is 4. The van der Waals surface area contributed by atoms with Crippen molar-refractivity contribution in [2.75, 3.05) is 13.2 Å². The van der Waals surface area contributed by atoms with Crippen LogP contribution in [0.2, 0.25) is 0 Å². The van der Waals surface area contributed by atoms with Crippen LogP contribution in [0.1, 0.15) is 53.6 Å². The largest absolute Gasteiger partial charge is 0.449 e. The first kappa shape index (κ1) is 20.0. The van der Waals surface area contributed by atoms with E-state index in [1.165, 1.54) is 4.90 Å². The van der Waals surface area contributed by atoms with Gasteiger partial charge in [0.1, 0.15) is 6.04 Å². The van der Waals surface area contributed by atoms with Crippen LogP contribution in [-0.2, 0) is 32.2 Å². The van der Waals surface area contributed by atoms with Crippen molar-refractivity contribution in [3.05, 3.63) is 34.9 Å². The lowest BCUT2D eigenvalue weighted by Crippen LogP contribution is -2.55. The first-order valence-electron chi connectivity index (χ1n) is 10.7. The zero-order valence-electron chi connectivity index (χ0n) is 17.1. The molecule has 1 atom stereocenters. The van der Waals surface area contributed by atoms with Gasteiger partial charge in [-0.05, 0) is 48.8 Å². The Bertz CT molecular complexity index is 949. The quantitative estimate of drug-likeness (QED) is 0.684. The van der Waals surface area contributed by atoms with Crippen molar-refractivity contribution in [2.24, 2.45) is 5.92 Å². The van der Waals surface area contributed by atoms with Crippen molar-refractivity contribution in [1.82, 2.24) is 15.5 Å². The second-order valence-electron chi connectivity index (χ2n) is 8.90. The second kappa shape index (κ2) is 7.64. The maximum atomic E-state index is 12.9. The minimum Gasteiger partial charge on any atom is -0.449 e. The number of hydrogen-bond acceptors (Lipinski definition) is 6. The van der Waals surface area contributed by atoms with E-state index in [9.17, 15) is 19.2 Å². The van der Waals surface area contributed by atoms with Crippen molar-refractivity contribution in [1.29, 1.82) is 0 Å². The summed E-state index contributed by atoms with van der Waals surface area (Å²) in [6.45, 7) is 1.81. The summed E-state index contributed by atoms with van der Waals surface area (Å²) in [5, 5.41) is 5.02. The van der Waals surface area contributed by atoms with Crippen molar-refractivity contribution in [3.8, 4) is 0 Å². The lowest BCUT2D eigenvalue weighted by Gasteiger charge is -2.53. The summed E-state index contributed by atoms with van der Waals surface area (Å²) >= 11 is 0. The molecule has 1 spiro atoms. The molecule has 2 N–H and O–H groups in total. The zero-order chi connectivity index (χ0) is 21.6. The Morgan fingerprint density at radius 1 is 1.29 bits per heavy atom. The Balaban J connectivity index is 1.12. The number of carbonyl (C=O) groups is 4. The van der Waals surface area contributed by atoms with E-state index in [0.29, 0.717) is 31.1 Å². The van der Waals surface area contributed by atoms with Crippen LogP contribution in [0.25, 0.3) is 0 Å². The lowest BCUT2D eigenvalue weighted by atomic mass is 9.67. The van der Waals surface area contributed by atoms with E-state index < -0.39 is 18.0 Å². The molecule has 1 saturated carbocycles. The van der Waals surface area contributed by atoms with Crippen LogP contribution >= 0.6 is 0 Å². The van der Waals surface area contributed by atoms with Crippen LogP contribution in [0.3, 0.4) is 0 Å². The maximum Gasteiger partial charge on any atom is 0.407 e. The van der Waals surface area contributed by atoms with E-state index in [0.717, 1.165) is 37.0 Å². The zero-order valence-corrected chi connectivity index (χ0v) is 17.1. The van der Waals surface area contributed by atoms with E-state index in [2.05, 4.69) is 10.6 Å². The third-order valence-corrected chi connectivity index (χ3v) is 6.77.